The van der Waals surface area contributed by atoms with Gasteiger partial charge < -0.3 is 5.32 Å². The maximum atomic E-state index is 5.92. The number of nitrogens with zero attached hydrogens (tertiary/aromatic N) is 1. The number of nitrogens with one attached hydrogen (secondary N) is 1. The smallest absolute Gasteiger partial charge is 0.0426 e. The SMILES string of the molecule is Clc1cccc(NCCN2CCSCC2)c1. The van der Waals surface area contributed by atoms with Crippen molar-refractivity contribution in [1.82, 2.24) is 4.90 Å². The number of hydrogen-bond donors (Lipinski definition) is 1. The molecule has 1 aliphatic rings. The van der Waals surface area contributed by atoms with E-state index >= 15 is 0 Å². The summed E-state index contributed by atoms with van der Waals surface area (Å²) in [6, 6.07) is 7.89. The lowest BCUT2D eigenvalue weighted by atomic mass is 10.3. The Labute approximate surface area is 106 Å². The van der Waals surface area contributed by atoms with Crippen LogP contribution in [0.3, 0.4) is 0 Å². The lowest BCUT2D eigenvalue weighted by molar-refractivity contribution is 0.314. The third-order valence-electron chi connectivity index (χ3n) is 2.69. The molecule has 0 saturated carbocycles. The highest BCUT2D eigenvalue weighted by Gasteiger charge is 2.08. The molecule has 0 aliphatic carbocycles. The normalized spacial score (nSPS) is 17.3. The Kier molecular flexibility index (Phi) is 4.82. The van der Waals surface area contributed by atoms with Gasteiger partial charge in [-0.1, -0.05) is 17.7 Å². The molecule has 0 spiro atoms. The van der Waals surface area contributed by atoms with E-state index in [2.05, 4.69) is 28.0 Å². The van der Waals surface area contributed by atoms with Gasteiger partial charge in [-0.05, 0) is 18.2 Å². The Balaban J connectivity index is 1.71. The van der Waals surface area contributed by atoms with Crippen molar-refractivity contribution in [2.45, 2.75) is 0 Å². The first-order valence-electron chi connectivity index (χ1n) is 5.64. The van der Waals surface area contributed by atoms with Gasteiger partial charge in [0.25, 0.3) is 0 Å². The first-order chi connectivity index (χ1) is 7.84. The van der Waals surface area contributed by atoms with Crippen molar-refractivity contribution in [1.29, 1.82) is 0 Å². The molecule has 2 rings (SSSR count). The Morgan fingerprint density at radius 1 is 1.31 bits per heavy atom. The van der Waals surface area contributed by atoms with Gasteiger partial charge in [0, 0.05) is 48.4 Å². The van der Waals surface area contributed by atoms with Gasteiger partial charge in [0.05, 0.1) is 0 Å². The average molecular weight is 257 g/mol. The summed E-state index contributed by atoms with van der Waals surface area (Å²) in [7, 11) is 0. The van der Waals surface area contributed by atoms with Crippen molar-refractivity contribution in [3.05, 3.63) is 29.3 Å². The van der Waals surface area contributed by atoms with Crippen LogP contribution in [-0.4, -0.2) is 42.6 Å². The largest absolute Gasteiger partial charge is 0.384 e. The number of benzene rings is 1. The van der Waals surface area contributed by atoms with Gasteiger partial charge in [-0.25, -0.2) is 0 Å². The van der Waals surface area contributed by atoms with Crippen molar-refractivity contribution >= 4 is 29.1 Å². The molecule has 0 bridgehead atoms. The van der Waals surface area contributed by atoms with Crippen molar-refractivity contribution in [3.63, 3.8) is 0 Å². The molecule has 0 aromatic heterocycles. The molecule has 1 saturated heterocycles. The van der Waals surface area contributed by atoms with E-state index in [1.807, 2.05) is 18.2 Å². The number of hydrogen-bond acceptors (Lipinski definition) is 3. The molecule has 1 N–H and O–H groups in total. The molecule has 1 fully saturated rings. The van der Waals surface area contributed by atoms with Gasteiger partial charge in [0.15, 0.2) is 0 Å². The second-order valence-electron chi connectivity index (χ2n) is 3.89. The molecule has 1 aromatic rings. The summed E-state index contributed by atoms with van der Waals surface area (Å²) in [6.07, 6.45) is 0. The second kappa shape index (κ2) is 6.38. The zero-order chi connectivity index (χ0) is 11.2. The number of halogens is 1. The van der Waals surface area contributed by atoms with E-state index in [0.29, 0.717) is 0 Å². The van der Waals surface area contributed by atoms with Gasteiger partial charge in [-0.3, -0.25) is 4.90 Å². The quantitative estimate of drug-likeness (QED) is 0.892. The van der Waals surface area contributed by atoms with E-state index in [1.54, 1.807) is 0 Å². The summed E-state index contributed by atoms with van der Waals surface area (Å²) in [5.74, 6) is 2.55. The fraction of sp³-hybridized carbons (Fsp3) is 0.500. The van der Waals surface area contributed by atoms with Crippen LogP contribution in [-0.2, 0) is 0 Å². The highest BCUT2D eigenvalue weighted by atomic mass is 35.5. The topological polar surface area (TPSA) is 15.3 Å². The Hall–Kier alpha value is -0.380. The van der Waals surface area contributed by atoms with E-state index in [0.717, 1.165) is 23.8 Å². The number of thioether (sulfide) groups is 1. The molecule has 0 unspecified atom stereocenters. The summed E-state index contributed by atoms with van der Waals surface area (Å²) in [5.41, 5.74) is 1.11. The third kappa shape index (κ3) is 3.89. The van der Waals surface area contributed by atoms with Crippen LogP contribution in [0.4, 0.5) is 5.69 Å². The van der Waals surface area contributed by atoms with Gasteiger partial charge in [-0.2, -0.15) is 11.8 Å². The molecular weight excluding hydrogens is 240 g/mol. The third-order valence-corrected chi connectivity index (χ3v) is 3.86. The molecular formula is C12H17ClN2S. The standard InChI is InChI=1S/C12H17ClN2S/c13-11-2-1-3-12(10-11)14-4-5-15-6-8-16-9-7-15/h1-3,10,14H,4-9H2. The van der Waals surface area contributed by atoms with Crippen LogP contribution in [0.5, 0.6) is 0 Å². The molecule has 0 atom stereocenters. The van der Waals surface area contributed by atoms with Crippen LogP contribution in [0.2, 0.25) is 5.02 Å². The average Bonchev–Trinajstić information content (AvgIpc) is 2.30. The zero-order valence-corrected chi connectivity index (χ0v) is 10.9. The van der Waals surface area contributed by atoms with E-state index < -0.39 is 0 Å². The Morgan fingerprint density at radius 3 is 2.88 bits per heavy atom. The van der Waals surface area contributed by atoms with Gasteiger partial charge in [0.1, 0.15) is 0 Å². The lowest BCUT2D eigenvalue weighted by Crippen LogP contribution is -2.36. The van der Waals surface area contributed by atoms with Crippen molar-refractivity contribution in [2.75, 3.05) is 43.0 Å². The predicted molar refractivity (Wildman–Crippen MR) is 73.7 cm³/mol. The number of rotatable bonds is 4. The molecule has 88 valence electrons. The highest BCUT2D eigenvalue weighted by Crippen LogP contribution is 2.14. The zero-order valence-electron chi connectivity index (χ0n) is 9.29. The Morgan fingerprint density at radius 2 is 2.12 bits per heavy atom. The molecule has 1 heterocycles. The molecule has 16 heavy (non-hydrogen) atoms. The maximum Gasteiger partial charge on any atom is 0.0426 e. The minimum Gasteiger partial charge on any atom is -0.384 e. The van der Waals surface area contributed by atoms with Crippen LogP contribution in [0.25, 0.3) is 0 Å². The van der Waals surface area contributed by atoms with Crippen LogP contribution in [0.15, 0.2) is 24.3 Å². The summed E-state index contributed by atoms with van der Waals surface area (Å²) >= 11 is 7.97. The van der Waals surface area contributed by atoms with Crippen LogP contribution in [0, 0.1) is 0 Å². The molecule has 0 radical (unpaired) electrons. The van der Waals surface area contributed by atoms with Crippen molar-refractivity contribution in [3.8, 4) is 0 Å². The van der Waals surface area contributed by atoms with E-state index in [-0.39, 0.29) is 0 Å². The highest BCUT2D eigenvalue weighted by molar-refractivity contribution is 7.99. The van der Waals surface area contributed by atoms with Crippen molar-refractivity contribution in [2.24, 2.45) is 0 Å². The fourth-order valence-electron chi connectivity index (χ4n) is 1.78. The molecule has 4 heteroatoms. The fourth-order valence-corrected chi connectivity index (χ4v) is 2.95. The first kappa shape index (κ1) is 12.1. The molecule has 1 aromatic carbocycles. The van der Waals surface area contributed by atoms with E-state index in [9.17, 15) is 0 Å². The lowest BCUT2D eigenvalue weighted by Gasteiger charge is -2.26. The van der Waals surface area contributed by atoms with E-state index in [4.69, 9.17) is 11.6 Å². The minimum absolute atomic E-state index is 0.791. The van der Waals surface area contributed by atoms with Gasteiger partial charge >= 0.3 is 0 Å². The monoisotopic (exact) mass is 256 g/mol. The van der Waals surface area contributed by atoms with Crippen LogP contribution >= 0.6 is 23.4 Å². The first-order valence-corrected chi connectivity index (χ1v) is 7.17. The predicted octanol–water partition coefficient (Wildman–Crippen LogP) is 2.80. The summed E-state index contributed by atoms with van der Waals surface area (Å²) in [5, 5.41) is 4.19. The Bertz CT molecular complexity index is 327. The van der Waals surface area contributed by atoms with Crippen molar-refractivity contribution < 1.29 is 0 Å². The summed E-state index contributed by atoms with van der Waals surface area (Å²) in [4.78, 5) is 2.51. The molecule has 2 nitrogen and oxygen atoms in total. The summed E-state index contributed by atoms with van der Waals surface area (Å²) < 4.78 is 0. The second-order valence-corrected chi connectivity index (χ2v) is 5.55. The van der Waals surface area contributed by atoms with Crippen LogP contribution < -0.4 is 5.32 Å². The summed E-state index contributed by atoms with van der Waals surface area (Å²) in [6.45, 7) is 4.56. The van der Waals surface area contributed by atoms with Gasteiger partial charge in [0.2, 0.25) is 0 Å². The minimum atomic E-state index is 0.791. The maximum absolute atomic E-state index is 5.92. The van der Waals surface area contributed by atoms with Gasteiger partial charge in [-0.15, -0.1) is 0 Å². The molecule has 0 amide bonds. The number of anilines is 1. The molecule has 1 aliphatic heterocycles. The van der Waals surface area contributed by atoms with Crippen LogP contribution in [0.1, 0.15) is 0 Å². The van der Waals surface area contributed by atoms with E-state index in [1.165, 1.54) is 24.6 Å².